The molecule has 1 heterocycles. The summed E-state index contributed by atoms with van der Waals surface area (Å²) in [5.74, 6) is 1.52. The molecule has 3 unspecified atom stereocenters. The molecule has 1 saturated carbocycles. The van der Waals surface area contributed by atoms with Gasteiger partial charge < -0.3 is 16.0 Å². The number of anilines is 1. The number of nitrogens with zero attached hydrogens (tertiary/aromatic N) is 1. The molecule has 3 N–H and O–H groups in total. The predicted molar refractivity (Wildman–Crippen MR) is 80.3 cm³/mol. The SMILES string of the molecule is NC1CCC2CN(CCC(=O)Nc3ccccc3)CC12. The number of nitrogens with one attached hydrogen (secondary N) is 1. The standard InChI is InChI=1S/C16H23N3O/c17-15-7-6-12-10-19(11-14(12)15)9-8-16(20)18-13-4-2-1-3-5-13/h1-5,12,14-15H,6-11,17H2,(H,18,20). The molecule has 4 nitrogen and oxygen atoms in total. The lowest BCUT2D eigenvalue weighted by Crippen LogP contribution is -2.31. The van der Waals surface area contributed by atoms with Gasteiger partial charge in [-0.15, -0.1) is 0 Å². The Labute approximate surface area is 120 Å². The molecule has 2 aliphatic rings. The first-order chi connectivity index (χ1) is 9.72. The summed E-state index contributed by atoms with van der Waals surface area (Å²) in [4.78, 5) is 14.3. The number of hydrogen-bond donors (Lipinski definition) is 2. The van der Waals surface area contributed by atoms with Crippen molar-refractivity contribution in [3.05, 3.63) is 30.3 Å². The molecule has 0 spiro atoms. The van der Waals surface area contributed by atoms with Crippen molar-refractivity contribution in [1.82, 2.24) is 4.90 Å². The molecule has 0 aromatic heterocycles. The zero-order valence-electron chi connectivity index (χ0n) is 11.8. The number of benzene rings is 1. The first kappa shape index (κ1) is 13.6. The third-order valence-corrected chi connectivity index (χ3v) is 4.70. The van der Waals surface area contributed by atoms with Crippen molar-refractivity contribution < 1.29 is 4.79 Å². The third kappa shape index (κ3) is 3.02. The Bertz CT molecular complexity index is 462. The second-order valence-electron chi connectivity index (χ2n) is 6.09. The van der Waals surface area contributed by atoms with E-state index in [9.17, 15) is 4.79 Å². The second kappa shape index (κ2) is 5.94. The summed E-state index contributed by atoms with van der Waals surface area (Å²) in [5, 5.41) is 2.93. The molecule has 2 fully saturated rings. The van der Waals surface area contributed by atoms with Crippen molar-refractivity contribution in [2.24, 2.45) is 17.6 Å². The maximum atomic E-state index is 11.9. The second-order valence-corrected chi connectivity index (χ2v) is 6.09. The van der Waals surface area contributed by atoms with Crippen molar-refractivity contribution in [2.75, 3.05) is 25.0 Å². The number of para-hydroxylation sites is 1. The highest BCUT2D eigenvalue weighted by atomic mass is 16.1. The highest BCUT2D eigenvalue weighted by Gasteiger charge is 2.40. The molecule has 1 amide bonds. The van der Waals surface area contributed by atoms with E-state index in [0.29, 0.717) is 18.4 Å². The first-order valence-corrected chi connectivity index (χ1v) is 7.55. The minimum atomic E-state index is 0.0950. The van der Waals surface area contributed by atoms with Gasteiger partial charge in [0.25, 0.3) is 0 Å². The van der Waals surface area contributed by atoms with Crippen LogP contribution in [0.15, 0.2) is 30.3 Å². The largest absolute Gasteiger partial charge is 0.327 e. The molecule has 4 heteroatoms. The molecule has 1 aromatic rings. The summed E-state index contributed by atoms with van der Waals surface area (Å²) in [6.45, 7) is 3.04. The fourth-order valence-electron chi connectivity index (χ4n) is 3.59. The molecule has 1 aliphatic heterocycles. The Kier molecular flexibility index (Phi) is 4.03. The number of amides is 1. The van der Waals surface area contributed by atoms with E-state index in [-0.39, 0.29) is 5.91 Å². The summed E-state index contributed by atoms with van der Waals surface area (Å²) >= 11 is 0. The summed E-state index contributed by atoms with van der Waals surface area (Å²) in [5.41, 5.74) is 7.01. The molecule has 0 bridgehead atoms. The van der Waals surface area contributed by atoms with Crippen molar-refractivity contribution in [3.8, 4) is 0 Å². The Morgan fingerprint density at radius 3 is 2.80 bits per heavy atom. The van der Waals surface area contributed by atoms with Gasteiger partial charge in [-0.05, 0) is 36.8 Å². The summed E-state index contributed by atoms with van der Waals surface area (Å²) in [6, 6.07) is 10.0. The number of nitrogens with two attached hydrogens (primary N) is 1. The van der Waals surface area contributed by atoms with Crippen LogP contribution in [0.2, 0.25) is 0 Å². The van der Waals surface area contributed by atoms with E-state index >= 15 is 0 Å². The number of rotatable bonds is 4. The Morgan fingerprint density at radius 1 is 1.25 bits per heavy atom. The maximum Gasteiger partial charge on any atom is 0.225 e. The zero-order valence-corrected chi connectivity index (χ0v) is 11.8. The van der Waals surface area contributed by atoms with Gasteiger partial charge >= 0.3 is 0 Å². The molecule has 1 saturated heterocycles. The Balaban J connectivity index is 1.43. The van der Waals surface area contributed by atoms with Crippen LogP contribution in [-0.2, 0) is 4.79 Å². The fourth-order valence-corrected chi connectivity index (χ4v) is 3.59. The smallest absolute Gasteiger partial charge is 0.225 e. The minimum absolute atomic E-state index is 0.0950. The predicted octanol–water partition coefficient (Wildman–Crippen LogP) is 1.68. The van der Waals surface area contributed by atoms with E-state index in [4.69, 9.17) is 5.73 Å². The number of fused-ring (bicyclic) bond motifs is 1. The average molecular weight is 273 g/mol. The highest BCUT2D eigenvalue weighted by Crippen LogP contribution is 2.36. The maximum absolute atomic E-state index is 11.9. The van der Waals surface area contributed by atoms with Crippen LogP contribution in [-0.4, -0.2) is 36.5 Å². The highest BCUT2D eigenvalue weighted by molar-refractivity contribution is 5.90. The van der Waals surface area contributed by atoms with Crippen LogP contribution in [0.1, 0.15) is 19.3 Å². The molecular weight excluding hydrogens is 250 g/mol. The zero-order chi connectivity index (χ0) is 13.9. The van der Waals surface area contributed by atoms with Gasteiger partial charge in [-0.1, -0.05) is 18.2 Å². The van der Waals surface area contributed by atoms with Gasteiger partial charge in [-0.2, -0.15) is 0 Å². The minimum Gasteiger partial charge on any atom is -0.327 e. The first-order valence-electron chi connectivity index (χ1n) is 7.55. The van der Waals surface area contributed by atoms with Crippen LogP contribution < -0.4 is 11.1 Å². The van der Waals surface area contributed by atoms with Crippen molar-refractivity contribution in [1.29, 1.82) is 0 Å². The van der Waals surface area contributed by atoms with Gasteiger partial charge in [0, 0.05) is 37.8 Å². The van der Waals surface area contributed by atoms with Crippen LogP contribution in [0.4, 0.5) is 5.69 Å². The van der Waals surface area contributed by atoms with E-state index in [1.807, 2.05) is 30.3 Å². The average Bonchev–Trinajstić information content (AvgIpc) is 3.00. The quantitative estimate of drug-likeness (QED) is 0.877. The fraction of sp³-hybridized carbons (Fsp3) is 0.562. The molecule has 20 heavy (non-hydrogen) atoms. The van der Waals surface area contributed by atoms with Gasteiger partial charge in [-0.25, -0.2) is 0 Å². The van der Waals surface area contributed by atoms with Crippen LogP contribution in [0.25, 0.3) is 0 Å². The lowest BCUT2D eigenvalue weighted by atomic mass is 9.98. The topological polar surface area (TPSA) is 58.4 Å². The van der Waals surface area contributed by atoms with Crippen LogP contribution >= 0.6 is 0 Å². The van der Waals surface area contributed by atoms with E-state index in [2.05, 4.69) is 10.2 Å². The van der Waals surface area contributed by atoms with Gasteiger partial charge in [0.05, 0.1) is 0 Å². The normalized spacial score (nSPS) is 29.4. The molecule has 3 rings (SSSR count). The van der Waals surface area contributed by atoms with Crippen molar-refractivity contribution >= 4 is 11.6 Å². The van der Waals surface area contributed by atoms with Crippen molar-refractivity contribution in [3.63, 3.8) is 0 Å². The molecule has 3 atom stereocenters. The van der Waals surface area contributed by atoms with E-state index in [1.165, 1.54) is 12.8 Å². The lowest BCUT2D eigenvalue weighted by Gasteiger charge is -2.18. The van der Waals surface area contributed by atoms with Gasteiger partial charge in [-0.3, -0.25) is 4.79 Å². The van der Waals surface area contributed by atoms with E-state index in [0.717, 1.165) is 31.2 Å². The van der Waals surface area contributed by atoms with Crippen LogP contribution in [0.5, 0.6) is 0 Å². The van der Waals surface area contributed by atoms with Gasteiger partial charge in [0.2, 0.25) is 5.91 Å². The Hall–Kier alpha value is -1.39. The monoisotopic (exact) mass is 273 g/mol. The summed E-state index contributed by atoms with van der Waals surface area (Å²) in [7, 11) is 0. The summed E-state index contributed by atoms with van der Waals surface area (Å²) < 4.78 is 0. The van der Waals surface area contributed by atoms with E-state index in [1.54, 1.807) is 0 Å². The lowest BCUT2D eigenvalue weighted by molar-refractivity contribution is -0.116. The third-order valence-electron chi connectivity index (χ3n) is 4.70. The van der Waals surface area contributed by atoms with E-state index < -0.39 is 0 Å². The van der Waals surface area contributed by atoms with Crippen LogP contribution in [0.3, 0.4) is 0 Å². The molecular formula is C16H23N3O. The van der Waals surface area contributed by atoms with Gasteiger partial charge in [0.1, 0.15) is 0 Å². The number of hydrogen-bond acceptors (Lipinski definition) is 3. The molecule has 108 valence electrons. The van der Waals surface area contributed by atoms with Crippen molar-refractivity contribution in [2.45, 2.75) is 25.3 Å². The van der Waals surface area contributed by atoms with Crippen LogP contribution in [0, 0.1) is 11.8 Å². The molecule has 1 aliphatic carbocycles. The Morgan fingerprint density at radius 2 is 2.05 bits per heavy atom. The number of likely N-dealkylation sites (tertiary alicyclic amines) is 1. The summed E-state index contributed by atoms with van der Waals surface area (Å²) in [6.07, 6.45) is 3.00. The number of carbonyl (C=O) groups excluding carboxylic acids is 1. The molecule has 0 radical (unpaired) electrons. The number of carbonyl (C=O) groups is 1. The van der Waals surface area contributed by atoms with Gasteiger partial charge in [0.15, 0.2) is 0 Å². The molecule has 1 aromatic carbocycles.